The first-order valence-corrected chi connectivity index (χ1v) is 7.04. The van der Waals surface area contributed by atoms with Crippen LogP contribution in [0.2, 0.25) is 0 Å². The molecule has 0 saturated heterocycles. The van der Waals surface area contributed by atoms with Gasteiger partial charge in [-0.25, -0.2) is 0 Å². The maximum Gasteiger partial charge on any atom is 0.0809 e. The van der Waals surface area contributed by atoms with Crippen molar-refractivity contribution in [2.24, 2.45) is 0 Å². The van der Waals surface area contributed by atoms with E-state index >= 15 is 0 Å². The molecule has 0 aromatic carbocycles. The molecular weight excluding hydrogens is 230 g/mol. The Morgan fingerprint density at radius 2 is 2.18 bits per heavy atom. The van der Waals surface area contributed by atoms with Crippen LogP contribution in [0.4, 0.5) is 0 Å². The monoisotopic (exact) mass is 253 g/mol. The molecule has 0 spiro atoms. The van der Waals surface area contributed by atoms with Crippen LogP contribution in [0.15, 0.2) is 24.3 Å². The zero-order valence-corrected chi connectivity index (χ0v) is 11.7. The van der Waals surface area contributed by atoms with Crippen LogP contribution in [-0.2, 0) is 17.9 Å². The van der Waals surface area contributed by atoms with Gasteiger partial charge in [0.2, 0.25) is 0 Å². The van der Waals surface area contributed by atoms with Gasteiger partial charge in [-0.2, -0.15) is 0 Å². The quantitative estimate of drug-likeness (QED) is 0.535. The smallest absolute Gasteiger partial charge is 0.0809 e. The second kappa shape index (κ2) is 8.45. The lowest BCUT2D eigenvalue weighted by Gasteiger charge is -2.02. The van der Waals surface area contributed by atoms with Crippen molar-refractivity contribution in [2.45, 2.75) is 39.8 Å². The van der Waals surface area contributed by atoms with Gasteiger partial charge in [0.15, 0.2) is 0 Å². The number of thiophene rings is 1. The number of ether oxygens (including phenoxy) is 1. The van der Waals surface area contributed by atoms with E-state index in [1.54, 1.807) is 0 Å². The van der Waals surface area contributed by atoms with E-state index in [1.807, 2.05) is 18.3 Å². The van der Waals surface area contributed by atoms with Gasteiger partial charge < -0.3 is 10.1 Å². The highest BCUT2D eigenvalue weighted by Crippen LogP contribution is 2.17. The van der Waals surface area contributed by atoms with Gasteiger partial charge in [-0.15, -0.1) is 17.9 Å². The molecule has 2 nitrogen and oxygen atoms in total. The summed E-state index contributed by atoms with van der Waals surface area (Å²) < 4.78 is 5.60. The number of hydrogen-bond acceptors (Lipinski definition) is 3. The lowest BCUT2D eigenvalue weighted by Crippen LogP contribution is -2.12. The lowest BCUT2D eigenvalue weighted by atomic mass is 10.3. The Labute approximate surface area is 109 Å². The highest BCUT2D eigenvalue weighted by molar-refractivity contribution is 7.11. The molecular formula is C14H23NOS. The molecule has 0 amide bonds. The molecule has 0 radical (unpaired) electrons. The summed E-state index contributed by atoms with van der Waals surface area (Å²) >= 11 is 1.83. The van der Waals surface area contributed by atoms with Gasteiger partial charge in [0.1, 0.15) is 0 Å². The molecule has 1 aromatic rings. The molecule has 1 aromatic heterocycles. The molecule has 0 bridgehead atoms. The molecule has 3 heteroatoms. The van der Waals surface area contributed by atoms with E-state index in [0.717, 1.165) is 32.7 Å². The first-order chi connectivity index (χ1) is 8.22. The fourth-order valence-electron chi connectivity index (χ4n) is 1.40. The van der Waals surface area contributed by atoms with Crippen LogP contribution in [0.5, 0.6) is 0 Å². The molecule has 96 valence electrons. The van der Waals surface area contributed by atoms with E-state index in [1.165, 1.54) is 21.7 Å². The van der Waals surface area contributed by atoms with Crippen molar-refractivity contribution in [3.8, 4) is 0 Å². The SMILES string of the molecule is C=C(C)CCOCc1ccc(CNCCC)s1. The second-order valence-electron chi connectivity index (χ2n) is 4.30. The van der Waals surface area contributed by atoms with E-state index < -0.39 is 0 Å². The van der Waals surface area contributed by atoms with E-state index in [4.69, 9.17) is 4.74 Å². The fourth-order valence-corrected chi connectivity index (χ4v) is 2.33. The Morgan fingerprint density at radius 1 is 1.41 bits per heavy atom. The molecule has 0 unspecified atom stereocenters. The Hall–Kier alpha value is -0.640. The fraction of sp³-hybridized carbons (Fsp3) is 0.571. The van der Waals surface area contributed by atoms with Crippen molar-refractivity contribution in [3.05, 3.63) is 34.0 Å². The van der Waals surface area contributed by atoms with Crippen molar-refractivity contribution in [1.82, 2.24) is 5.32 Å². The van der Waals surface area contributed by atoms with Gasteiger partial charge in [-0.05, 0) is 38.4 Å². The van der Waals surface area contributed by atoms with Gasteiger partial charge in [0.25, 0.3) is 0 Å². The third-order valence-electron chi connectivity index (χ3n) is 2.36. The van der Waals surface area contributed by atoms with Crippen LogP contribution < -0.4 is 5.32 Å². The number of nitrogens with one attached hydrogen (secondary N) is 1. The normalized spacial score (nSPS) is 10.7. The summed E-state index contributed by atoms with van der Waals surface area (Å²) in [6.45, 7) is 11.6. The Bertz CT molecular complexity index is 333. The molecule has 0 fully saturated rings. The van der Waals surface area contributed by atoms with Crippen molar-refractivity contribution in [3.63, 3.8) is 0 Å². The van der Waals surface area contributed by atoms with Crippen LogP contribution >= 0.6 is 11.3 Å². The minimum absolute atomic E-state index is 0.728. The topological polar surface area (TPSA) is 21.3 Å². The molecule has 0 aliphatic carbocycles. The standard InChI is InChI=1S/C14H23NOS/c1-4-8-15-10-13-5-6-14(17-13)11-16-9-7-12(2)3/h5-6,15H,2,4,7-11H2,1,3H3. The first-order valence-electron chi connectivity index (χ1n) is 6.22. The highest BCUT2D eigenvalue weighted by atomic mass is 32.1. The van der Waals surface area contributed by atoms with Crippen LogP contribution in [0.25, 0.3) is 0 Å². The maximum absolute atomic E-state index is 5.60. The highest BCUT2D eigenvalue weighted by Gasteiger charge is 2.00. The van der Waals surface area contributed by atoms with Crippen LogP contribution in [0.3, 0.4) is 0 Å². The van der Waals surface area contributed by atoms with Gasteiger partial charge in [0.05, 0.1) is 13.2 Å². The van der Waals surface area contributed by atoms with Crippen LogP contribution in [-0.4, -0.2) is 13.2 Å². The number of hydrogen-bond donors (Lipinski definition) is 1. The molecule has 1 N–H and O–H groups in total. The summed E-state index contributed by atoms with van der Waals surface area (Å²) in [6, 6.07) is 4.35. The Morgan fingerprint density at radius 3 is 2.88 bits per heavy atom. The van der Waals surface area contributed by atoms with E-state index in [9.17, 15) is 0 Å². The van der Waals surface area contributed by atoms with Gasteiger partial charge in [0, 0.05) is 16.3 Å². The van der Waals surface area contributed by atoms with Crippen molar-refractivity contribution in [1.29, 1.82) is 0 Å². The molecule has 0 aliphatic rings. The van der Waals surface area contributed by atoms with Crippen molar-refractivity contribution < 1.29 is 4.74 Å². The lowest BCUT2D eigenvalue weighted by molar-refractivity contribution is 0.126. The molecule has 1 heterocycles. The largest absolute Gasteiger partial charge is 0.376 e. The second-order valence-corrected chi connectivity index (χ2v) is 5.56. The van der Waals surface area contributed by atoms with Crippen LogP contribution in [0, 0.1) is 0 Å². The third-order valence-corrected chi connectivity index (χ3v) is 3.42. The van der Waals surface area contributed by atoms with E-state index in [-0.39, 0.29) is 0 Å². The van der Waals surface area contributed by atoms with E-state index in [2.05, 4.69) is 31.0 Å². The predicted molar refractivity (Wildman–Crippen MR) is 75.4 cm³/mol. The van der Waals surface area contributed by atoms with Crippen molar-refractivity contribution >= 4 is 11.3 Å². The summed E-state index contributed by atoms with van der Waals surface area (Å²) in [5.74, 6) is 0. The summed E-state index contributed by atoms with van der Waals surface area (Å²) in [4.78, 5) is 2.69. The summed E-state index contributed by atoms with van der Waals surface area (Å²) in [7, 11) is 0. The Kier molecular flexibility index (Phi) is 7.17. The summed E-state index contributed by atoms with van der Waals surface area (Å²) in [6.07, 6.45) is 2.14. The van der Waals surface area contributed by atoms with Gasteiger partial charge in [-0.1, -0.05) is 12.5 Å². The molecule has 17 heavy (non-hydrogen) atoms. The molecule has 0 atom stereocenters. The zero-order chi connectivity index (χ0) is 12.5. The summed E-state index contributed by atoms with van der Waals surface area (Å²) in [5.41, 5.74) is 1.18. The van der Waals surface area contributed by atoms with E-state index in [0.29, 0.717) is 0 Å². The van der Waals surface area contributed by atoms with Gasteiger partial charge >= 0.3 is 0 Å². The first kappa shape index (κ1) is 14.4. The zero-order valence-electron chi connectivity index (χ0n) is 10.9. The minimum atomic E-state index is 0.728. The average molecular weight is 253 g/mol. The predicted octanol–water partition coefficient (Wildman–Crippen LogP) is 3.73. The number of rotatable bonds is 9. The molecule has 0 saturated carbocycles. The van der Waals surface area contributed by atoms with Crippen LogP contribution in [0.1, 0.15) is 36.4 Å². The minimum Gasteiger partial charge on any atom is -0.376 e. The molecule has 1 rings (SSSR count). The third kappa shape index (κ3) is 6.61. The Balaban J connectivity index is 2.18. The summed E-state index contributed by atoms with van der Waals surface area (Å²) in [5, 5.41) is 3.40. The van der Waals surface area contributed by atoms with Gasteiger partial charge in [-0.3, -0.25) is 0 Å². The van der Waals surface area contributed by atoms with Crippen molar-refractivity contribution in [2.75, 3.05) is 13.2 Å². The molecule has 0 aliphatic heterocycles. The maximum atomic E-state index is 5.60. The average Bonchev–Trinajstić information content (AvgIpc) is 2.73.